The molecule has 1 aliphatic carbocycles. The van der Waals surface area contributed by atoms with E-state index in [-0.39, 0.29) is 0 Å². The Morgan fingerprint density at radius 2 is 1.78 bits per heavy atom. The minimum atomic E-state index is 0.481. The molecule has 1 aliphatic rings. The quantitative estimate of drug-likeness (QED) is 0.798. The number of rotatable bonds is 5. The first-order valence-electron chi connectivity index (χ1n) is 7.55. The zero-order valence-corrected chi connectivity index (χ0v) is 11.9. The van der Waals surface area contributed by atoms with Crippen LogP contribution in [-0.4, -0.2) is 6.54 Å². The molecule has 1 aromatic carbocycles. The molecule has 1 heteroatoms. The monoisotopic (exact) mass is 245 g/mol. The highest BCUT2D eigenvalue weighted by Crippen LogP contribution is 2.26. The first-order valence-corrected chi connectivity index (χ1v) is 7.55. The van der Waals surface area contributed by atoms with Crippen molar-refractivity contribution < 1.29 is 0 Å². The zero-order valence-electron chi connectivity index (χ0n) is 11.9. The summed E-state index contributed by atoms with van der Waals surface area (Å²) in [6, 6.07) is 9.37. The van der Waals surface area contributed by atoms with Crippen molar-refractivity contribution in [2.45, 2.75) is 58.4 Å². The van der Waals surface area contributed by atoms with E-state index in [1.807, 2.05) is 0 Å². The van der Waals surface area contributed by atoms with Gasteiger partial charge in [-0.3, -0.25) is 0 Å². The fourth-order valence-corrected chi connectivity index (χ4v) is 2.95. The molecule has 0 aromatic heterocycles. The highest BCUT2D eigenvalue weighted by molar-refractivity contribution is 5.23. The zero-order chi connectivity index (χ0) is 12.8. The van der Waals surface area contributed by atoms with Crippen molar-refractivity contribution in [1.29, 1.82) is 0 Å². The largest absolute Gasteiger partial charge is 0.310 e. The molecule has 0 heterocycles. The maximum Gasteiger partial charge on any atom is 0.0291 e. The van der Waals surface area contributed by atoms with E-state index in [2.05, 4.69) is 43.4 Å². The van der Waals surface area contributed by atoms with Crippen LogP contribution in [0.2, 0.25) is 0 Å². The smallest absolute Gasteiger partial charge is 0.0291 e. The molecule has 0 radical (unpaired) electrons. The lowest BCUT2D eigenvalue weighted by Gasteiger charge is -2.22. The Labute approximate surface area is 112 Å². The van der Waals surface area contributed by atoms with Crippen LogP contribution in [0.3, 0.4) is 0 Å². The number of benzene rings is 1. The predicted octanol–water partition coefficient (Wildman–Crippen LogP) is 4.62. The van der Waals surface area contributed by atoms with Gasteiger partial charge in [-0.2, -0.15) is 0 Å². The Bertz CT molecular complexity index is 335. The van der Waals surface area contributed by atoms with E-state index >= 15 is 0 Å². The molecule has 0 saturated heterocycles. The summed E-state index contributed by atoms with van der Waals surface area (Å²) in [5.74, 6) is 0.983. The number of aryl methyl sites for hydroxylation is 1. The maximum atomic E-state index is 3.67. The summed E-state index contributed by atoms with van der Waals surface area (Å²) < 4.78 is 0. The van der Waals surface area contributed by atoms with Crippen molar-refractivity contribution in [3.05, 3.63) is 35.4 Å². The molecule has 0 amide bonds. The van der Waals surface area contributed by atoms with Crippen molar-refractivity contribution in [3.8, 4) is 0 Å². The molecular weight excluding hydrogens is 218 g/mol. The molecule has 1 fully saturated rings. The second-order valence-electron chi connectivity index (χ2n) is 5.88. The van der Waals surface area contributed by atoms with E-state index in [9.17, 15) is 0 Å². The normalized spacial score (nSPS) is 18.8. The number of hydrogen-bond acceptors (Lipinski definition) is 1. The Morgan fingerprint density at radius 1 is 1.11 bits per heavy atom. The lowest BCUT2D eigenvalue weighted by Crippen LogP contribution is -2.22. The molecule has 0 bridgehead atoms. The summed E-state index contributed by atoms with van der Waals surface area (Å²) in [6.45, 7) is 5.58. The predicted molar refractivity (Wildman–Crippen MR) is 78.8 cm³/mol. The summed E-state index contributed by atoms with van der Waals surface area (Å²) in [5, 5.41) is 3.67. The second kappa shape index (κ2) is 6.94. The first kappa shape index (κ1) is 13.6. The van der Waals surface area contributed by atoms with E-state index in [1.54, 1.807) is 0 Å². The third-order valence-electron chi connectivity index (χ3n) is 4.31. The Balaban J connectivity index is 1.70. The van der Waals surface area contributed by atoms with Gasteiger partial charge in [-0.05, 0) is 38.3 Å². The van der Waals surface area contributed by atoms with Crippen LogP contribution in [-0.2, 0) is 0 Å². The third kappa shape index (κ3) is 4.13. The first-order chi connectivity index (χ1) is 8.75. The van der Waals surface area contributed by atoms with Gasteiger partial charge in [0.2, 0.25) is 0 Å². The fraction of sp³-hybridized carbons (Fsp3) is 0.647. The molecular formula is C17H27N. The van der Waals surface area contributed by atoms with Crippen LogP contribution in [0, 0.1) is 12.8 Å². The molecule has 0 spiro atoms. The van der Waals surface area contributed by atoms with Crippen molar-refractivity contribution in [2.24, 2.45) is 5.92 Å². The Kier molecular flexibility index (Phi) is 5.25. The van der Waals surface area contributed by atoms with Crippen LogP contribution >= 0.6 is 0 Å². The highest BCUT2D eigenvalue weighted by atomic mass is 14.9. The van der Waals surface area contributed by atoms with Crippen molar-refractivity contribution in [1.82, 2.24) is 5.32 Å². The molecule has 1 nitrogen and oxygen atoms in total. The van der Waals surface area contributed by atoms with Crippen LogP contribution < -0.4 is 5.32 Å². The van der Waals surface area contributed by atoms with Gasteiger partial charge >= 0.3 is 0 Å². The lowest BCUT2D eigenvalue weighted by molar-refractivity contribution is 0.329. The van der Waals surface area contributed by atoms with Crippen molar-refractivity contribution in [3.63, 3.8) is 0 Å². The molecule has 1 atom stereocenters. The maximum absolute atomic E-state index is 3.67. The van der Waals surface area contributed by atoms with Gasteiger partial charge in [0.25, 0.3) is 0 Å². The standard InChI is InChI=1S/C17H27N/c1-14-8-10-17(11-9-14)15(2)18-13-12-16-6-4-3-5-7-16/h8-11,15-16,18H,3-7,12-13H2,1-2H3. The molecule has 2 rings (SSSR count). The van der Waals surface area contributed by atoms with E-state index in [4.69, 9.17) is 0 Å². The molecule has 1 saturated carbocycles. The van der Waals surface area contributed by atoms with Crippen LogP contribution in [0.1, 0.15) is 62.6 Å². The van der Waals surface area contributed by atoms with E-state index in [0.29, 0.717) is 6.04 Å². The third-order valence-corrected chi connectivity index (χ3v) is 4.31. The van der Waals surface area contributed by atoms with Crippen LogP contribution in [0.5, 0.6) is 0 Å². The molecule has 1 aromatic rings. The highest BCUT2D eigenvalue weighted by Gasteiger charge is 2.13. The van der Waals surface area contributed by atoms with Gasteiger partial charge in [-0.25, -0.2) is 0 Å². The van der Waals surface area contributed by atoms with Gasteiger partial charge in [0.15, 0.2) is 0 Å². The minimum absolute atomic E-state index is 0.481. The van der Waals surface area contributed by atoms with Crippen LogP contribution in [0.4, 0.5) is 0 Å². The Morgan fingerprint density at radius 3 is 2.44 bits per heavy atom. The molecule has 100 valence electrons. The van der Waals surface area contributed by atoms with Gasteiger partial charge < -0.3 is 5.32 Å². The summed E-state index contributed by atoms with van der Waals surface area (Å²) in [5.41, 5.74) is 2.75. The van der Waals surface area contributed by atoms with Gasteiger partial charge in [0.05, 0.1) is 0 Å². The second-order valence-corrected chi connectivity index (χ2v) is 5.88. The average Bonchev–Trinajstić information content (AvgIpc) is 2.40. The van der Waals surface area contributed by atoms with Crippen molar-refractivity contribution >= 4 is 0 Å². The molecule has 1 N–H and O–H groups in total. The Hall–Kier alpha value is -0.820. The SMILES string of the molecule is Cc1ccc(C(C)NCCC2CCCCC2)cc1. The van der Waals surface area contributed by atoms with E-state index in [1.165, 1.54) is 56.2 Å². The van der Waals surface area contributed by atoms with Crippen molar-refractivity contribution in [2.75, 3.05) is 6.54 Å². The summed E-state index contributed by atoms with van der Waals surface area (Å²) in [7, 11) is 0. The molecule has 0 aliphatic heterocycles. The van der Waals surface area contributed by atoms with E-state index < -0.39 is 0 Å². The average molecular weight is 245 g/mol. The summed E-state index contributed by atoms with van der Waals surface area (Å²) in [6.07, 6.45) is 8.65. The van der Waals surface area contributed by atoms with Gasteiger partial charge in [0.1, 0.15) is 0 Å². The van der Waals surface area contributed by atoms with Crippen LogP contribution in [0.15, 0.2) is 24.3 Å². The lowest BCUT2D eigenvalue weighted by atomic mass is 9.87. The molecule has 18 heavy (non-hydrogen) atoms. The van der Waals surface area contributed by atoms with E-state index in [0.717, 1.165) is 5.92 Å². The van der Waals surface area contributed by atoms with Crippen LogP contribution in [0.25, 0.3) is 0 Å². The summed E-state index contributed by atoms with van der Waals surface area (Å²) in [4.78, 5) is 0. The fourth-order valence-electron chi connectivity index (χ4n) is 2.95. The molecule has 1 unspecified atom stereocenters. The number of hydrogen-bond donors (Lipinski definition) is 1. The summed E-state index contributed by atoms with van der Waals surface area (Å²) >= 11 is 0. The van der Waals surface area contributed by atoms with Gasteiger partial charge in [0, 0.05) is 6.04 Å². The topological polar surface area (TPSA) is 12.0 Å². The number of nitrogens with one attached hydrogen (secondary N) is 1. The van der Waals surface area contributed by atoms with Gasteiger partial charge in [-0.1, -0.05) is 61.9 Å². The van der Waals surface area contributed by atoms with Gasteiger partial charge in [-0.15, -0.1) is 0 Å². The minimum Gasteiger partial charge on any atom is -0.310 e.